The number of nitrogens with zero attached hydrogens (tertiary/aromatic N) is 1. The lowest BCUT2D eigenvalue weighted by molar-refractivity contribution is -0.149. The maximum Gasteiger partial charge on any atom is 0.310 e. The van der Waals surface area contributed by atoms with Gasteiger partial charge < -0.3 is 20.5 Å². The number of piperidine rings is 1. The number of rotatable bonds is 3. The first-order valence-electron chi connectivity index (χ1n) is 7.07. The van der Waals surface area contributed by atoms with Crippen LogP contribution in [0.25, 0.3) is 0 Å². The summed E-state index contributed by atoms with van der Waals surface area (Å²) in [7, 11) is 0. The smallest absolute Gasteiger partial charge is 0.310 e. The zero-order chi connectivity index (χ0) is 15.4. The molecule has 6 heteroatoms. The molecular weight excluding hydrogens is 272 g/mol. The summed E-state index contributed by atoms with van der Waals surface area (Å²) in [5, 5.41) is 9.59. The Morgan fingerprint density at radius 2 is 2.24 bits per heavy atom. The average Bonchev–Trinajstić information content (AvgIpc) is 2.49. The number of benzene rings is 1. The number of amides is 1. The zero-order valence-electron chi connectivity index (χ0n) is 12.0. The van der Waals surface area contributed by atoms with E-state index in [2.05, 4.69) is 0 Å². The Kier molecular flexibility index (Phi) is 4.67. The van der Waals surface area contributed by atoms with Crippen molar-refractivity contribution < 1.29 is 19.4 Å². The summed E-state index contributed by atoms with van der Waals surface area (Å²) in [6.07, 6.45) is 1.49. The number of aromatic hydroxyl groups is 1. The molecule has 1 aromatic carbocycles. The number of carbonyl (C=O) groups is 2. The molecule has 6 nitrogen and oxygen atoms in total. The molecule has 1 aliphatic heterocycles. The van der Waals surface area contributed by atoms with Crippen molar-refractivity contribution in [3.05, 3.63) is 23.8 Å². The molecule has 114 valence electrons. The van der Waals surface area contributed by atoms with Crippen LogP contribution >= 0.6 is 0 Å². The minimum absolute atomic E-state index is 0.111. The summed E-state index contributed by atoms with van der Waals surface area (Å²) in [6.45, 7) is 3.05. The van der Waals surface area contributed by atoms with E-state index in [1.54, 1.807) is 17.9 Å². The summed E-state index contributed by atoms with van der Waals surface area (Å²) in [5.74, 6) is -0.848. The van der Waals surface area contributed by atoms with Gasteiger partial charge in [-0.1, -0.05) is 0 Å². The number of hydrogen-bond acceptors (Lipinski definition) is 5. The predicted molar refractivity (Wildman–Crippen MR) is 77.8 cm³/mol. The normalized spacial score (nSPS) is 18.3. The number of esters is 1. The Bertz CT molecular complexity index is 544. The van der Waals surface area contributed by atoms with Gasteiger partial charge in [-0.25, -0.2) is 0 Å². The standard InChI is InChI=1S/C15H20N2O4/c1-2-21-15(20)11-4-3-7-17(9-11)14(19)10-5-6-12(16)13(18)8-10/h5-6,8,11,18H,2-4,7,9,16H2,1H3. The van der Waals surface area contributed by atoms with E-state index in [9.17, 15) is 14.7 Å². The Labute approximate surface area is 123 Å². The van der Waals surface area contributed by atoms with Crippen LogP contribution in [-0.4, -0.2) is 41.6 Å². The highest BCUT2D eigenvalue weighted by atomic mass is 16.5. The van der Waals surface area contributed by atoms with Crippen LogP contribution in [0.4, 0.5) is 5.69 Å². The van der Waals surface area contributed by atoms with Crippen LogP contribution in [0, 0.1) is 5.92 Å². The van der Waals surface area contributed by atoms with Gasteiger partial charge in [0.15, 0.2) is 0 Å². The van der Waals surface area contributed by atoms with Crippen LogP contribution in [0.3, 0.4) is 0 Å². The van der Waals surface area contributed by atoms with Crippen molar-refractivity contribution >= 4 is 17.6 Å². The second kappa shape index (κ2) is 6.47. The lowest BCUT2D eigenvalue weighted by Crippen LogP contribution is -2.42. The maximum absolute atomic E-state index is 12.4. The molecule has 2 rings (SSSR count). The van der Waals surface area contributed by atoms with Crippen LogP contribution in [0.5, 0.6) is 5.75 Å². The molecule has 0 saturated carbocycles. The van der Waals surface area contributed by atoms with Crippen LogP contribution in [0.15, 0.2) is 18.2 Å². The number of hydrogen-bond donors (Lipinski definition) is 2. The van der Waals surface area contributed by atoms with E-state index in [0.717, 1.165) is 12.8 Å². The van der Waals surface area contributed by atoms with E-state index in [1.165, 1.54) is 12.1 Å². The van der Waals surface area contributed by atoms with Crippen molar-refractivity contribution in [3.63, 3.8) is 0 Å². The summed E-state index contributed by atoms with van der Waals surface area (Å²) >= 11 is 0. The van der Waals surface area contributed by atoms with E-state index >= 15 is 0 Å². The maximum atomic E-state index is 12.4. The average molecular weight is 292 g/mol. The van der Waals surface area contributed by atoms with Crippen LogP contribution in [0.2, 0.25) is 0 Å². The zero-order valence-corrected chi connectivity index (χ0v) is 12.0. The van der Waals surface area contributed by atoms with Crippen molar-refractivity contribution in [1.82, 2.24) is 4.90 Å². The highest BCUT2D eigenvalue weighted by molar-refractivity contribution is 5.95. The van der Waals surface area contributed by atoms with Gasteiger partial charge in [-0.15, -0.1) is 0 Å². The minimum atomic E-state index is -0.273. The van der Waals surface area contributed by atoms with Crippen LogP contribution in [0.1, 0.15) is 30.1 Å². The highest BCUT2D eigenvalue weighted by Gasteiger charge is 2.29. The van der Waals surface area contributed by atoms with E-state index < -0.39 is 0 Å². The lowest BCUT2D eigenvalue weighted by Gasteiger charge is -2.31. The first-order chi connectivity index (χ1) is 10.0. The number of anilines is 1. The number of phenolic OH excluding ortho intramolecular Hbond substituents is 1. The van der Waals surface area contributed by atoms with Crippen LogP contribution in [-0.2, 0) is 9.53 Å². The summed E-state index contributed by atoms with van der Waals surface area (Å²) in [5.41, 5.74) is 6.12. The Balaban J connectivity index is 2.08. The predicted octanol–water partition coefficient (Wildman–Crippen LogP) is 1.39. The third kappa shape index (κ3) is 3.45. The van der Waals surface area contributed by atoms with E-state index in [4.69, 9.17) is 10.5 Å². The molecule has 0 aliphatic carbocycles. The molecule has 1 unspecified atom stereocenters. The first kappa shape index (κ1) is 15.2. The quantitative estimate of drug-likeness (QED) is 0.499. The van der Waals surface area contributed by atoms with Gasteiger partial charge in [0.25, 0.3) is 5.91 Å². The molecule has 0 aromatic heterocycles. The van der Waals surface area contributed by atoms with Gasteiger partial charge in [0.1, 0.15) is 5.75 Å². The molecule has 1 heterocycles. The molecule has 1 atom stereocenters. The molecule has 1 amide bonds. The van der Waals surface area contributed by atoms with Crippen molar-refractivity contribution in [3.8, 4) is 5.75 Å². The fourth-order valence-corrected chi connectivity index (χ4v) is 2.47. The highest BCUT2D eigenvalue weighted by Crippen LogP contribution is 2.24. The molecule has 3 N–H and O–H groups in total. The summed E-state index contributed by atoms with van der Waals surface area (Å²) < 4.78 is 5.02. The van der Waals surface area contributed by atoms with Gasteiger partial charge in [-0.05, 0) is 38.0 Å². The molecule has 0 spiro atoms. The number of nitrogens with two attached hydrogens (primary N) is 1. The largest absolute Gasteiger partial charge is 0.506 e. The number of phenols is 1. The van der Waals surface area contributed by atoms with E-state index in [0.29, 0.717) is 25.3 Å². The number of nitrogen functional groups attached to an aromatic ring is 1. The molecule has 1 fully saturated rings. The van der Waals surface area contributed by atoms with Gasteiger partial charge in [0.05, 0.1) is 18.2 Å². The van der Waals surface area contributed by atoms with Gasteiger partial charge in [0.2, 0.25) is 0 Å². The van der Waals surface area contributed by atoms with E-state index in [1.807, 2.05) is 0 Å². The van der Waals surface area contributed by atoms with Crippen molar-refractivity contribution in [2.45, 2.75) is 19.8 Å². The third-order valence-corrected chi connectivity index (χ3v) is 3.61. The summed E-state index contributed by atoms with van der Waals surface area (Å²) in [6, 6.07) is 4.42. The fraction of sp³-hybridized carbons (Fsp3) is 0.467. The Morgan fingerprint density at radius 1 is 1.48 bits per heavy atom. The van der Waals surface area contributed by atoms with Gasteiger partial charge in [0, 0.05) is 18.7 Å². The SMILES string of the molecule is CCOC(=O)C1CCCN(C(=O)c2ccc(N)c(O)c2)C1. The van der Waals surface area contributed by atoms with Crippen molar-refractivity contribution in [2.24, 2.45) is 5.92 Å². The summed E-state index contributed by atoms with van der Waals surface area (Å²) in [4.78, 5) is 25.8. The molecule has 1 saturated heterocycles. The Morgan fingerprint density at radius 3 is 2.90 bits per heavy atom. The van der Waals surface area contributed by atoms with Crippen LogP contribution < -0.4 is 5.73 Å². The molecule has 0 bridgehead atoms. The molecule has 1 aromatic rings. The monoisotopic (exact) mass is 292 g/mol. The van der Waals surface area contributed by atoms with Gasteiger partial charge >= 0.3 is 5.97 Å². The molecule has 1 aliphatic rings. The molecule has 21 heavy (non-hydrogen) atoms. The van der Waals surface area contributed by atoms with Crippen molar-refractivity contribution in [1.29, 1.82) is 0 Å². The first-order valence-corrected chi connectivity index (χ1v) is 7.07. The second-order valence-corrected chi connectivity index (χ2v) is 5.12. The number of likely N-dealkylation sites (tertiary alicyclic amines) is 1. The van der Waals surface area contributed by atoms with Crippen molar-refractivity contribution in [2.75, 3.05) is 25.4 Å². The Hall–Kier alpha value is -2.24. The number of carbonyl (C=O) groups excluding carboxylic acids is 2. The van der Waals surface area contributed by atoms with Gasteiger partial charge in [-0.2, -0.15) is 0 Å². The number of ether oxygens (including phenoxy) is 1. The topological polar surface area (TPSA) is 92.9 Å². The second-order valence-electron chi connectivity index (χ2n) is 5.12. The minimum Gasteiger partial charge on any atom is -0.506 e. The fourth-order valence-electron chi connectivity index (χ4n) is 2.47. The van der Waals surface area contributed by atoms with E-state index in [-0.39, 0.29) is 29.2 Å². The van der Waals surface area contributed by atoms with Gasteiger partial charge in [-0.3, -0.25) is 9.59 Å². The molecule has 0 radical (unpaired) electrons. The lowest BCUT2D eigenvalue weighted by atomic mass is 9.97. The molecular formula is C15H20N2O4. The third-order valence-electron chi connectivity index (χ3n) is 3.61.